The lowest BCUT2D eigenvalue weighted by atomic mass is 10.0. The van der Waals surface area contributed by atoms with Crippen molar-refractivity contribution in [3.05, 3.63) is 34.9 Å². The van der Waals surface area contributed by atoms with E-state index in [0.717, 1.165) is 13.1 Å². The van der Waals surface area contributed by atoms with Gasteiger partial charge in [0.2, 0.25) is 0 Å². The van der Waals surface area contributed by atoms with Gasteiger partial charge in [0, 0.05) is 13.1 Å². The quantitative estimate of drug-likeness (QED) is 0.134. The van der Waals surface area contributed by atoms with Gasteiger partial charge in [-0.1, -0.05) is 123 Å². The summed E-state index contributed by atoms with van der Waals surface area (Å²) in [6.07, 6.45) is 21.7. The SMILES string of the molecule is CCCCCCN(CCCCCC)Cc1ccc(CN(CCCCCC)CCCCCC)c(C)c1. The van der Waals surface area contributed by atoms with Gasteiger partial charge < -0.3 is 0 Å². The average Bonchev–Trinajstić information content (AvgIpc) is 2.86. The molecule has 204 valence electrons. The zero-order valence-electron chi connectivity index (χ0n) is 24.7. The molecule has 0 aromatic heterocycles. The van der Waals surface area contributed by atoms with Gasteiger partial charge in [0.15, 0.2) is 0 Å². The smallest absolute Gasteiger partial charge is 0.0236 e. The predicted octanol–water partition coefficient (Wildman–Crippen LogP) is 9.92. The molecule has 0 radical (unpaired) electrons. The first-order valence-electron chi connectivity index (χ1n) is 15.7. The maximum atomic E-state index is 2.74. The fourth-order valence-corrected chi connectivity index (χ4v) is 5.12. The molecule has 0 unspecified atom stereocenters. The standard InChI is InChI=1S/C33H62N2/c1-6-10-14-18-24-34(25-19-15-11-7-2)29-32-22-23-33(31(5)28-32)30-35(26-20-16-12-8-3)27-21-17-13-9-4/h22-23,28H,6-21,24-27,29-30H2,1-5H3. The van der Waals surface area contributed by atoms with Crippen LogP contribution in [0.25, 0.3) is 0 Å². The number of nitrogens with zero attached hydrogens (tertiary/aromatic N) is 2. The molecule has 0 heterocycles. The molecule has 0 aliphatic rings. The van der Waals surface area contributed by atoms with Crippen molar-refractivity contribution in [2.75, 3.05) is 26.2 Å². The fourth-order valence-electron chi connectivity index (χ4n) is 5.12. The van der Waals surface area contributed by atoms with Gasteiger partial charge >= 0.3 is 0 Å². The highest BCUT2D eigenvalue weighted by Crippen LogP contribution is 2.18. The number of hydrogen-bond acceptors (Lipinski definition) is 2. The highest BCUT2D eigenvalue weighted by Gasteiger charge is 2.11. The van der Waals surface area contributed by atoms with Gasteiger partial charge in [0.05, 0.1) is 0 Å². The largest absolute Gasteiger partial charge is 0.299 e. The van der Waals surface area contributed by atoms with Gasteiger partial charge in [0.1, 0.15) is 0 Å². The second kappa shape index (κ2) is 22.3. The summed E-state index contributed by atoms with van der Waals surface area (Å²) < 4.78 is 0. The van der Waals surface area contributed by atoms with Crippen LogP contribution in [0, 0.1) is 6.92 Å². The third kappa shape index (κ3) is 16.5. The van der Waals surface area contributed by atoms with Gasteiger partial charge in [-0.05, 0) is 75.5 Å². The average molecular weight is 487 g/mol. The Morgan fingerprint density at radius 3 is 1.26 bits per heavy atom. The predicted molar refractivity (Wildman–Crippen MR) is 158 cm³/mol. The van der Waals surface area contributed by atoms with Gasteiger partial charge in [0.25, 0.3) is 0 Å². The summed E-state index contributed by atoms with van der Waals surface area (Å²) in [5, 5.41) is 0. The van der Waals surface area contributed by atoms with Crippen LogP contribution in [-0.4, -0.2) is 36.0 Å². The third-order valence-electron chi connectivity index (χ3n) is 7.52. The maximum absolute atomic E-state index is 2.74. The van der Waals surface area contributed by atoms with Crippen LogP contribution in [-0.2, 0) is 13.1 Å². The first-order valence-corrected chi connectivity index (χ1v) is 15.7. The van der Waals surface area contributed by atoms with Crippen molar-refractivity contribution in [3.63, 3.8) is 0 Å². The first-order chi connectivity index (χ1) is 17.1. The molecule has 35 heavy (non-hydrogen) atoms. The fraction of sp³-hybridized carbons (Fsp3) is 0.818. The van der Waals surface area contributed by atoms with Crippen molar-refractivity contribution in [1.29, 1.82) is 0 Å². The molecule has 1 aromatic carbocycles. The number of hydrogen-bond donors (Lipinski definition) is 0. The van der Waals surface area contributed by atoms with E-state index >= 15 is 0 Å². The second-order valence-electron chi connectivity index (χ2n) is 11.1. The summed E-state index contributed by atoms with van der Waals surface area (Å²) in [5.41, 5.74) is 4.54. The topological polar surface area (TPSA) is 6.48 Å². The Bertz CT molecular complexity index is 573. The summed E-state index contributed by atoms with van der Waals surface area (Å²) in [6.45, 7) is 18.9. The highest BCUT2D eigenvalue weighted by atomic mass is 15.1. The van der Waals surface area contributed by atoms with E-state index in [0.29, 0.717) is 0 Å². The van der Waals surface area contributed by atoms with Gasteiger partial charge in [-0.15, -0.1) is 0 Å². The minimum absolute atomic E-state index is 1.12. The lowest BCUT2D eigenvalue weighted by Gasteiger charge is -2.25. The summed E-state index contributed by atoms with van der Waals surface area (Å²) in [4.78, 5) is 5.47. The lowest BCUT2D eigenvalue weighted by molar-refractivity contribution is 0.250. The van der Waals surface area contributed by atoms with E-state index in [1.54, 1.807) is 0 Å². The van der Waals surface area contributed by atoms with Crippen molar-refractivity contribution in [1.82, 2.24) is 9.80 Å². The summed E-state index contributed by atoms with van der Waals surface area (Å²) in [6, 6.07) is 7.37. The Kier molecular flexibility index (Phi) is 20.5. The van der Waals surface area contributed by atoms with E-state index in [2.05, 4.69) is 62.6 Å². The second-order valence-corrected chi connectivity index (χ2v) is 11.1. The van der Waals surface area contributed by atoms with Gasteiger partial charge in [-0.3, -0.25) is 9.80 Å². The third-order valence-corrected chi connectivity index (χ3v) is 7.52. The van der Waals surface area contributed by atoms with E-state index in [1.165, 1.54) is 146 Å². The number of benzene rings is 1. The van der Waals surface area contributed by atoms with Gasteiger partial charge in [-0.2, -0.15) is 0 Å². The monoisotopic (exact) mass is 486 g/mol. The number of rotatable bonds is 24. The van der Waals surface area contributed by atoms with Crippen LogP contribution >= 0.6 is 0 Å². The van der Waals surface area contributed by atoms with Crippen LogP contribution in [0.2, 0.25) is 0 Å². The minimum Gasteiger partial charge on any atom is -0.299 e. The van der Waals surface area contributed by atoms with E-state index in [1.807, 2.05) is 0 Å². The molecule has 0 atom stereocenters. The van der Waals surface area contributed by atoms with Crippen LogP contribution in [0.4, 0.5) is 0 Å². The molecule has 2 heteroatoms. The molecule has 1 rings (SSSR count). The summed E-state index contributed by atoms with van der Waals surface area (Å²) in [7, 11) is 0. The molecule has 0 amide bonds. The molecule has 0 spiro atoms. The molecule has 0 bridgehead atoms. The molecule has 0 fully saturated rings. The van der Waals surface area contributed by atoms with Crippen LogP contribution in [0.1, 0.15) is 147 Å². The molecule has 0 N–H and O–H groups in total. The Labute approximate surface area is 221 Å². The maximum Gasteiger partial charge on any atom is 0.0236 e. The Morgan fingerprint density at radius 1 is 0.486 bits per heavy atom. The van der Waals surface area contributed by atoms with Gasteiger partial charge in [-0.25, -0.2) is 0 Å². The Balaban J connectivity index is 2.70. The zero-order valence-corrected chi connectivity index (χ0v) is 24.7. The molecular formula is C33H62N2. The zero-order chi connectivity index (χ0) is 25.6. The first kappa shape index (κ1) is 32.2. The number of aryl methyl sites for hydroxylation is 1. The Morgan fingerprint density at radius 2 is 0.886 bits per heavy atom. The molecular weight excluding hydrogens is 424 g/mol. The van der Waals surface area contributed by atoms with Crippen molar-refractivity contribution in [2.24, 2.45) is 0 Å². The van der Waals surface area contributed by atoms with E-state index < -0.39 is 0 Å². The molecule has 2 nitrogen and oxygen atoms in total. The normalized spacial score (nSPS) is 11.7. The van der Waals surface area contributed by atoms with Crippen molar-refractivity contribution in [3.8, 4) is 0 Å². The Hall–Kier alpha value is -0.860. The van der Waals surface area contributed by atoms with Crippen molar-refractivity contribution in [2.45, 2.75) is 150 Å². The van der Waals surface area contributed by atoms with Crippen molar-refractivity contribution >= 4 is 0 Å². The van der Waals surface area contributed by atoms with E-state index in [-0.39, 0.29) is 0 Å². The summed E-state index contributed by atoms with van der Waals surface area (Å²) in [5.74, 6) is 0. The molecule has 0 aliphatic carbocycles. The van der Waals surface area contributed by atoms with Crippen LogP contribution in [0.15, 0.2) is 18.2 Å². The molecule has 0 aliphatic heterocycles. The van der Waals surface area contributed by atoms with Crippen LogP contribution in [0.5, 0.6) is 0 Å². The highest BCUT2D eigenvalue weighted by molar-refractivity contribution is 5.31. The number of unbranched alkanes of at least 4 members (excludes halogenated alkanes) is 12. The van der Waals surface area contributed by atoms with Crippen molar-refractivity contribution < 1.29 is 0 Å². The molecule has 0 saturated heterocycles. The minimum atomic E-state index is 1.12. The van der Waals surface area contributed by atoms with Crippen LogP contribution < -0.4 is 0 Å². The van der Waals surface area contributed by atoms with E-state index in [9.17, 15) is 0 Å². The lowest BCUT2D eigenvalue weighted by Crippen LogP contribution is -2.27. The van der Waals surface area contributed by atoms with Crippen LogP contribution in [0.3, 0.4) is 0 Å². The molecule has 0 saturated carbocycles. The van der Waals surface area contributed by atoms with E-state index in [4.69, 9.17) is 0 Å². The molecule has 1 aromatic rings. The summed E-state index contributed by atoms with van der Waals surface area (Å²) >= 11 is 0.